The van der Waals surface area contributed by atoms with Crippen LogP contribution in [0, 0.1) is 12.7 Å². The number of hydrogen-bond donors (Lipinski definition) is 1. The molecule has 1 aromatic rings. The summed E-state index contributed by atoms with van der Waals surface area (Å²) in [5.41, 5.74) is 0.791. The van der Waals surface area contributed by atoms with Crippen molar-refractivity contribution in [3.8, 4) is 0 Å². The predicted octanol–water partition coefficient (Wildman–Crippen LogP) is 2.89. The van der Waals surface area contributed by atoms with E-state index < -0.39 is 11.8 Å². The second-order valence-corrected chi connectivity index (χ2v) is 3.20. The van der Waals surface area contributed by atoms with Gasteiger partial charge in [0.15, 0.2) is 0 Å². The molecule has 1 rings (SSSR count). The van der Waals surface area contributed by atoms with Crippen molar-refractivity contribution in [3.63, 3.8) is 0 Å². The van der Waals surface area contributed by atoms with Crippen LogP contribution in [-0.2, 0) is 4.79 Å². The van der Waals surface area contributed by atoms with E-state index in [2.05, 4.69) is 0 Å². The third-order valence-electron chi connectivity index (χ3n) is 1.68. The van der Waals surface area contributed by atoms with Crippen LogP contribution in [0.2, 0.25) is 5.02 Å². The summed E-state index contributed by atoms with van der Waals surface area (Å²) in [4.78, 5) is 10.2. The lowest BCUT2D eigenvalue weighted by atomic mass is 10.1. The standard InChI is InChI=1S/C10H8ClFO2/c1-6-4-9(12)7(5-8(6)11)2-3-10(13)14/h2-5H,1H3,(H,13,14). The Bertz CT molecular complexity index is 399. The second kappa shape index (κ2) is 4.24. The molecule has 0 aromatic heterocycles. The van der Waals surface area contributed by atoms with Gasteiger partial charge in [0.2, 0.25) is 0 Å². The van der Waals surface area contributed by atoms with E-state index in [0.29, 0.717) is 10.6 Å². The average Bonchev–Trinajstić information content (AvgIpc) is 2.09. The summed E-state index contributed by atoms with van der Waals surface area (Å²) < 4.78 is 13.2. The normalized spacial score (nSPS) is 10.8. The quantitative estimate of drug-likeness (QED) is 0.769. The lowest BCUT2D eigenvalue weighted by molar-refractivity contribution is -0.131. The monoisotopic (exact) mass is 214 g/mol. The van der Waals surface area contributed by atoms with Crippen LogP contribution < -0.4 is 0 Å². The second-order valence-electron chi connectivity index (χ2n) is 2.79. The molecule has 1 aromatic carbocycles. The van der Waals surface area contributed by atoms with E-state index in [9.17, 15) is 9.18 Å². The molecule has 0 bridgehead atoms. The number of aliphatic carboxylic acids is 1. The van der Waals surface area contributed by atoms with E-state index in [0.717, 1.165) is 6.08 Å². The molecule has 2 nitrogen and oxygen atoms in total. The first-order valence-corrected chi connectivity index (χ1v) is 4.25. The van der Waals surface area contributed by atoms with E-state index in [1.54, 1.807) is 6.92 Å². The number of carboxylic acid groups (broad SMARTS) is 1. The van der Waals surface area contributed by atoms with Crippen LogP contribution in [0.4, 0.5) is 4.39 Å². The van der Waals surface area contributed by atoms with E-state index in [-0.39, 0.29) is 5.56 Å². The smallest absolute Gasteiger partial charge is 0.328 e. The molecule has 74 valence electrons. The van der Waals surface area contributed by atoms with Crippen LogP contribution in [0.5, 0.6) is 0 Å². The predicted molar refractivity (Wildman–Crippen MR) is 52.8 cm³/mol. The number of rotatable bonds is 2. The summed E-state index contributed by atoms with van der Waals surface area (Å²) in [7, 11) is 0. The number of carboxylic acids is 1. The highest BCUT2D eigenvalue weighted by atomic mass is 35.5. The molecule has 0 amide bonds. The lowest BCUT2D eigenvalue weighted by Crippen LogP contribution is -1.89. The van der Waals surface area contributed by atoms with Crippen molar-refractivity contribution in [1.29, 1.82) is 0 Å². The van der Waals surface area contributed by atoms with Crippen molar-refractivity contribution in [2.24, 2.45) is 0 Å². The Morgan fingerprint density at radius 2 is 2.21 bits per heavy atom. The lowest BCUT2D eigenvalue weighted by Gasteiger charge is -2.01. The average molecular weight is 215 g/mol. The highest BCUT2D eigenvalue weighted by Crippen LogP contribution is 2.20. The Labute approximate surface area is 85.6 Å². The Kier molecular flexibility index (Phi) is 3.25. The van der Waals surface area contributed by atoms with Gasteiger partial charge in [-0.2, -0.15) is 0 Å². The van der Waals surface area contributed by atoms with E-state index in [1.807, 2.05) is 0 Å². The van der Waals surface area contributed by atoms with Crippen molar-refractivity contribution >= 4 is 23.6 Å². The van der Waals surface area contributed by atoms with E-state index in [1.165, 1.54) is 18.2 Å². The zero-order valence-electron chi connectivity index (χ0n) is 7.42. The van der Waals surface area contributed by atoms with E-state index in [4.69, 9.17) is 16.7 Å². The fourth-order valence-corrected chi connectivity index (χ4v) is 1.12. The van der Waals surface area contributed by atoms with Crippen molar-refractivity contribution < 1.29 is 14.3 Å². The van der Waals surface area contributed by atoms with Crippen LogP contribution in [0.15, 0.2) is 18.2 Å². The summed E-state index contributed by atoms with van der Waals surface area (Å²) in [5, 5.41) is 8.76. The number of benzene rings is 1. The molecular formula is C10H8ClFO2. The molecule has 0 heterocycles. The fraction of sp³-hybridized carbons (Fsp3) is 0.100. The van der Waals surface area contributed by atoms with Crippen LogP contribution in [0.3, 0.4) is 0 Å². The molecule has 0 aliphatic heterocycles. The van der Waals surface area contributed by atoms with Gasteiger partial charge in [-0.05, 0) is 30.7 Å². The van der Waals surface area contributed by atoms with Gasteiger partial charge in [0.1, 0.15) is 5.82 Å². The first-order valence-electron chi connectivity index (χ1n) is 3.87. The minimum Gasteiger partial charge on any atom is -0.478 e. The van der Waals surface area contributed by atoms with Crippen LogP contribution in [-0.4, -0.2) is 11.1 Å². The molecule has 0 fully saturated rings. The maximum atomic E-state index is 13.2. The molecule has 4 heteroatoms. The summed E-state index contributed by atoms with van der Waals surface area (Å²) in [6, 6.07) is 2.66. The topological polar surface area (TPSA) is 37.3 Å². The first kappa shape index (κ1) is 10.7. The van der Waals surface area contributed by atoms with Crippen molar-refractivity contribution in [3.05, 3.63) is 40.2 Å². The van der Waals surface area contributed by atoms with Crippen molar-refractivity contribution in [2.45, 2.75) is 6.92 Å². The molecule has 0 radical (unpaired) electrons. The molecule has 0 aliphatic rings. The molecule has 0 spiro atoms. The molecule has 1 N–H and O–H groups in total. The molecule has 0 saturated heterocycles. The van der Waals surface area contributed by atoms with Crippen molar-refractivity contribution in [2.75, 3.05) is 0 Å². The molecule has 0 atom stereocenters. The summed E-state index contributed by atoms with van der Waals surface area (Å²) in [6.45, 7) is 1.68. The number of hydrogen-bond acceptors (Lipinski definition) is 1. The van der Waals surface area contributed by atoms with Gasteiger partial charge in [-0.15, -0.1) is 0 Å². The van der Waals surface area contributed by atoms with Crippen molar-refractivity contribution in [1.82, 2.24) is 0 Å². The van der Waals surface area contributed by atoms with Gasteiger partial charge in [-0.3, -0.25) is 0 Å². The Morgan fingerprint density at radius 1 is 1.57 bits per heavy atom. The minimum absolute atomic E-state index is 0.169. The molecule has 0 saturated carbocycles. The number of aryl methyl sites for hydroxylation is 1. The maximum Gasteiger partial charge on any atom is 0.328 e. The van der Waals surface area contributed by atoms with Gasteiger partial charge in [0, 0.05) is 16.7 Å². The van der Waals surface area contributed by atoms with Crippen LogP contribution >= 0.6 is 11.6 Å². The summed E-state index contributed by atoms with van der Waals surface area (Å²) in [5.74, 6) is -1.61. The molecule has 0 unspecified atom stereocenters. The SMILES string of the molecule is Cc1cc(F)c(C=CC(=O)O)cc1Cl. The summed E-state index contributed by atoms with van der Waals surface area (Å²) in [6.07, 6.45) is 2.03. The van der Waals surface area contributed by atoms with Crippen LogP contribution in [0.1, 0.15) is 11.1 Å². The number of halogens is 2. The Balaban J connectivity index is 3.10. The third-order valence-corrected chi connectivity index (χ3v) is 2.09. The van der Waals surface area contributed by atoms with Gasteiger partial charge in [-0.25, -0.2) is 9.18 Å². The van der Waals surface area contributed by atoms with Gasteiger partial charge in [-0.1, -0.05) is 11.6 Å². The highest BCUT2D eigenvalue weighted by Gasteiger charge is 2.03. The van der Waals surface area contributed by atoms with Crippen LogP contribution in [0.25, 0.3) is 6.08 Å². The largest absolute Gasteiger partial charge is 0.478 e. The van der Waals surface area contributed by atoms with Gasteiger partial charge >= 0.3 is 5.97 Å². The minimum atomic E-state index is -1.12. The zero-order valence-corrected chi connectivity index (χ0v) is 8.18. The molecule has 14 heavy (non-hydrogen) atoms. The maximum absolute atomic E-state index is 13.2. The molecular weight excluding hydrogens is 207 g/mol. The third kappa shape index (κ3) is 2.57. The Hall–Kier alpha value is -1.35. The summed E-state index contributed by atoms with van der Waals surface area (Å²) >= 11 is 5.75. The number of carbonyl (C=O) groups is 1. The van der Waals surface area contributed by atoms with Gasteiger partial charge < -0.3 is 5.11 Å². The Morgan fingerprint density at radius 3 is 2.79 bits per heavy atom. The molecule has 0 aliphatic carbocycles. The first-order chi connectivity index (χ1) is 6.50. The van der Waals surface area contributed by atoms with E-state index >= 15 is 0 Å². The fourth-order valence-electron chi connectivity index (χ4n) is 0.950. The van der Waals surface area contributed by atoms with Gasteiger partial charge in [0.25, 0.3) is 0 Å². The highest BCUT2D eigenvalue weighted by molar-refractivity contribution is 6.31. The van der Waals surface area contributed by atoms with Gasteiger partial charge in [0.05, 0.1) is 0 Å². The zero-order chi connectivity index (χ0) is 10.7.